The Labute approximate surface area is 208 Å². The number of ether oxygens (including phenoxy) is 1. The summed E-state index contributed by atoms with van der Waals surface area (Å²) in [5.74, 6) is -1.43. The topological polar surface area (TPSA) is 125 Å². The highest BCUT2D eigenvalue weighted by Crippen LogP contribution is 2.23. The first-order chi connectivity index (χ1) is 17.2. The largest absolute Gasteiger partial charge is 0.497 e. The molecule has 2 aromatic carbocycles. The van der Waals surface area contributed by atoms with Gasteiger partial charge in [0.25, 0.3) is 5.91 Å². The maximum Gasteiger partial charge on any atom is 0.254 e. The monoisotopic (exact) mass is 518 g/mol. The van der Waals surface area contributed by atoms with Crippen molar-refractivity contribution in [3.8, 4) is 5.75 Å². The molecule has 0 aliphatic carbocycles. The summed E-state index contributed by atoms with van der Waals surface area (Å²) in [6, 6.07) is 8.80. The summed E-state index contributed by atoms with van der Waals surface area (Å²) in [5.41, 5.74) is 0.304. The highest BCUT2D eigenvalue weighted by molar-refractivity contribution is 7.89. The summed E-state index contributed by atoms with van der Waals surface area (Å²) in [6.45, 7) is 0.0811. The van der Waals surface area contributed by atoms with Crippen LogP contribution >= 0.6 is 0 Å². The van der Waals surface area contributed by atoms with Crippen molar-refractivity contribution in [1.29, 1.82) is 0 Å². The second-order valence-corrected chi connectivity index (χ2v) is 10.5. The molecule has 36 heavy (non-hydrogen) atoms. The van der Waals surface area contributed by atoms with Gasteiger partial charge in [-0.15, -0.1) is 0 Å². The van der Waals surface area contributed by atoms with Gasteiger partial charge in [-0.25, -0.2) is 12.8 Å². The number of benzene rings is 2. The molecule has 2 heterocycles. The number of nitrogens with zero attached hydrogens (tertiary/aromatic N) is 2. The normalized spacial score (nSPS) is 20.9. The van der Waals surface area contributed by atoms with Crippen molar-refractivity contribution in [1.82, 2.24) is 19.8 Å². The highest BCUT2D eigenvalue weighted by atomic mass is 32.2. The van der Waals surface area contributed by atoms with Gasteiger partial charge in [0, 0.05) is 31.7 Å². The Balaban J connectivity index is 1.60. The molecule has 2 aliphatic heterocycles. The summed E-state index contributed by atoms with van der Waals surface area (Å²) < 4.78 is 46.0. The Morgan fingerprint density at radius 3 is 2.42 bits per heavy atom. The smallest absolute Gasteiger partial charge is 0.254 e. The minimum atomic E-state index is -4.06. The predicted octanol–water partition coefficient (Wildman–Crippen LogP) is 0.744. The number of amides is 3. The minimum Gasteiger partial charge on any atom is -0.497 e. The average Bonchev–Trinajstić information content (AvgIpc) is 2.89. The van der Waals surface area contributed by atoms with Crippen LogP contribution in [0.5, 0.6) is 5.75 Å². The Morgan fingerprint density at radius 1 is 1.08 bits per heavy atom. The number of sulfonamides is 1. The van der Waals surface area contributed by atoms with E-state index in [2.05, 4.69) is 10.6 Å². The van der Waals surface area contributed by atoms with Gasteiger partial charge in [-0.3, -0.25) is 14.4 Å². The minimum absolute atomic E-state index is 0.0553. The van der Waals surface area contributed by atoms with Crippen LogP contribution in [0.4, 0.5) is 4.39 Å². The first-order valence-corrected chi connectivity index (χ1v) is 12.9. The van der Waals surface area contributed by atoms with Crippen molar-refractivity contribution < 1.29 is 31.9 Å². The lowest BCUT2D eigenvalue weighted by atomic mass is 10.0. The molecule has 0 spiro atoms. The van der Waals surface area contributed by atoms with Crippen LogP contribution in [0.25, 0.3) is 0 Å². The molecule has 2 fully saturated rings. The molecule has 0 aromatic heterocycles. The van der Waals surface area contributed by atoms with Crippen molar-refractivity contribution in [2.45, 2.75) is 29.8 Å². The lowest BCUT2D eigenvalue weighted by Gasteiger charge is -2.40. The van der Waals surface area contributed by atoms with E-state index in [4.69, 9.17) is 4.74 Å². The van der Waals surface area contributed by atoms with Crippen LogP contribution in [-0.2, 0) is 19.6 Å². The zero-order valence-corrected chi connectivity index (χ0v) is 20.5. The second kappa shape index (κ2) is 10.6. The molecule has 0 bridgehead atoms. The molecule has 3 amide bonds. The first kappa shape index (κ1) is 25.6. The highest BCUT2D eigenvalue weighted by Gasteiger charge is 2.41. The Hall–Kier alpha value is -3.51. The molecule has 2 atom stereocenters. The Kier molecular flexibility index (Phi) is 7.55. The van der Waals surface area contributed by atoms with Crippen molar-refractivity contribution >= 4 is 27.7 Å². The van der Waals surface area contributed by atoms with E-state index in [1.165, 1.54) is 12.0 Å². The molecule has 2 aromatic rings. The number of rotatable bonds is 6. The number of hydrogen-bond acceptors (Lipinski definition) is 6. The van der Waals surface area contributed by atoms with Crippen LogP contribution in [0.3, 0.4) is 0 Å². The summed E-state index contributed by atoms with van der Waals surface area (Å²) in [4.78, 5) is 40.1. The average molecular weight is 519 g/mol. The second-order valence-electron chi connectivity index (χ2n) is 8.55. The van der Waals surface area contributed by atoms with E-state index in [1.54, 1.807) is 24.3 Å². The van der Waals surface area contributed by atoms with Crippen molar-refractivity contribution in [2.75, 3.05) is 33.3 Å². The van der Waals surface area contributed by atoms with E-state index in [9.17, 15) is 27.2 Å². The van der Waals surface area contributed by atoms with Crippen LogP contribution in [0, 0.1) is 5.82 Å². The molecule has 4 rings (SSSR count). The van der Waals surface area contributed by atoms with Gasteiger partial charge in [-0.1, -0.05) is 0 Å². The molecule has 0 saturated carbocycles. The van der Waals surface area contributed by atoms with E-state index >= 15 is 0 Å². The molecular formula is C24H27FN4O6S. The van der Waals surface area contributed by atoms with Crippen LogP contribution in [0.2, 0.25) is 0 Å². The van der Waals surface area contributed by atoms with Gasteiger partial charge in [0.15, 0.2) is 0 Å². The third-order valence-corrected chi connectivity index (χ3v) is 8.18. The van der Waals surface area contributed by atoms with Gasteiger partial charge >= 0.3 is 0 Å². The summed E-state index contributed by atoms with van der Waals surface area (Å²) in [7, 11) is -2.56. The van der Waals surface area contributed by atoms with Crippen LogP contribution in [-0.4, -0.2) is 80.7 Å². The van der Waals surface area contributed by atoms with E-state index in [0.717, 1.165) is 28.6 Å². The third kappa shape index (κ3) is 5.34. The number of carbonyl (C=O) groups excluding carboxylic acids is 3. The number of methoxy groups -OCH3 is 1. The van der Waals surface area contributed by atoms with E-state index < -0.39 is 39.7 Å². The van der Waals surface area contributed by atoms with Gasteiger partial charge < -0.3 is 20.3 Å². The molecule has 2 N–H and O–H groups in total. The van der Waals surface area contributed by atoms with E-state index in [0.29, 0.717) is 30.7 Å². The molecule has 192 valence electrons. The zero-order valence-electron chi connectivity index (χ0n) is 19.6. The van der Waals surface area contributed by atoms with E-state index in [1.807, 2.05) is 0 Å². The number of hydrogen-bond donors (Lipinski definition) is 2. The predicted molar refractivity (Wildman–Crippen MR) is 127 cm³/mol. The van der Waals surface area contributed by atoms with Gasteiger partial charge in [-0.05, 0) is 61.4 Å². The van der Waals surface area contributed by atoms with E-state index in [-0.39, 0.29) is 30.4 Å². The van der Waals surface area contributed by atoms with Crippen molar-refractivity contribution in [3.05, 3.63) is 59.9 Å². The van der Waals surface area contributed by atoms with Crippen LogP contribution in [0.15, 0.2) is 53.4 Å². The van der Waals surface area contributed by atoms with Gasteiger partial charge in [0.2, 0.25) is 21.8 Å². The summed E-state index contributed by atoms with van der Waals surface area (Å²) in [6.07, 6.45) is 1.12. The fourth-order valence-corrected chi connectivity index (χ4v) is 5.71. The number of carbonyl (C=O) groups is 3. The molecule has 2 aliphatic rings. The SMILES string of the molecule is COc1ccc(C(=O)N2CCN(S(=O)(=O)c3ccc(F)cc3)C[C@@H]2C(=O)N[C@H]2CCCNC2=O)cc1. The van der Waals surface area contributed by atoms with Crippen molar-refractivity contribution in [2.24, 2.45) is 0 Å². The molecule has 0 unspecified atom stereocenters. The van der Waals surface area contributed by atoms with Gasteiger partial charge in [0.1, 0.15) is 23.7 Å². The zero-order chi connectivity index (χ0) is 25.9. The number of piperidine rings is 1. The lowest BCUT2D eigenvalue weighted by Crippen LogP contribution is -2.63. The lowest BCUT2D eigenvalue weighted by molar-refractivity contribution is -0.133. The molecule has 10 nitrogen and oxygen atoms in total. The number of nitrogens with one attached hydrogen (secondary N) is 2. The van der Waals surface area contributed by atoms with Gasteiger partial charge in [-0.2, -0.15) is 4.31 Å². The Morgan fingerprint density at radius 2 is 1.78 bits per heavy atom. The number of halogens is 1. The molecule has 2 saturated heterocycles. The van der Waals surface area contributed by atoms with Crippen LogP contribution < -0.4 is 15.4 Å². The fourth-order valence-electron chi connectivity index (χ4n) is 4.28. The summed E-state index contributed by atoms with van der Waals surface area (Å²) >= 11 is 0. The van der Waals surface area contributed by atoms with Crippen molar-refractivity contribution in [3.63, 3.8) is 0 Å². The maximum absolute atomic E-state index is 13.4. The van der Waals surface area contributed by atoms with Crippen LogP contribution in [0.1, 0.15) is 23.2 Å². The standard InChI is InChI=1S/C24H27FN4O6S/c1-35-18-8-4-16(5-9-18)24(32)29-14-13-28(36(33,34)19-10-6-17(25)7-11-19)15-21(29)23(31)27-20-3-2-12-26-22(20)30/h4-11,20-21H,2-3,12-15H2,1H3,(H,26,30)(H,27,31)/t20-,21+/m0/s1. The number of piperazine rings is 1. The molecular weight excluding hydrogens is 491 g/mol. The first-order valence-electron chi connectivity index (χ1n) is 11.5. The molecule has 12 heteroatoms. The quantitative estimate of drug-likeness (QED) is 0.581. The molecule has 0 radical (unpaired) electrons. The van der Waals surface area contributed by atoms with Gasteiger partial charge in [0.05, 0.1) is 12.0 Å². The fraction of sp³-hybridized carbons (Fsp3) is 0.375. The maximum atomic E-state index is 13.4. The third-order valence-electron chi connectivity index (χ3n) is 6.30. The Bertz CT molecular complexity index is 1240. The summed E-state index contributed by atoms with van der Waals surface area (Å²) in [5, 5.41) is 5.36.